The summed E-state index contributed by atoms with van der Waals surface area (Å²) in [5, 5.41) is 6.10. The van der Waals surface area contributed by atoms with E-state index in [1.807, 2.05) is 18.2 Å². The maximum absolute atomic E-state index is 13.0. The number of carbonyl (C=O) groups is 2. The van der Waals surface area contributed by atoms with Crippen molar-refractivity contribution in [1.82, 2.24) is 10.2 Å². The highest BCUT2D eigenvalue weighted by Crippen LogP contribution is 2.37. The number of benzene rings is 2. The first-order chi connectivity index (χ1) is 16.7. The molecule has 7 nitrogen and oxygen atoms in total. The van der Waals surface area contributed by atoms with E-state index in [4.69, 9.17) is 9.47 Å². The Hall–Kier alpha value is -3.06. The summed E-state index contributed by atoms with van der Waals surface area (Å²) in [5.41, 5.74) is 2.23. The maximum Gasteiger partial charge on any atom is 0.253 e. The van der Waals surface area contributed by atoms with Crippen LogP contribution in [0.3, 0.4) is 0 Å². The lowest BCUT2D eigenvalue weighted by atomic mass is 10.0. The van der Waals surface area contributed by atoms with E-state index >= 15 is 0 Å². The second-order valence-corrected chi connectivity index (χ2v) is 9.43. The van der Waals surface area contributed by atoms with Crippen LogP contribution < -0.4 is 20.1 Å². The van der Waals surface area contributed by atoms with Gasteiger partial charge in [0, 0.05) is 18.5 Å². The van der Waals surface area contributed by atoms with Gasteiger partial charge in [0.15, 0.2) is 11.5 Å². The molecule has 1 atom stereocenters. The van der Waals surface area contributed by atoms with E-state index in [9.17, 15) is 9.59 Å². The molecule has 180 valence electrons. The predicted octanol–water partition coefficient (Wildman–Crippen LogP) is 4.30. The van der Waals surface area contributed by atoms with Crippen molar-refractivity contribution in [3.05, 3.63) is 53.6 Å². The quantitative estimate of drug-likeness (QED) is 0.668. The van der Waals surface area contributed by atoms with Gasteiger partial charge in [0.05, 0.1) is 31.0 Å². The lowest BCUT2D eigenvalue weighted by molar-refractivity contribution is -0.117. The molecule has 2 amide bonds. The highest BCUT2D eigenvalue weighted by Gasteiger charge is 2.29. The molecule has 1 saturated carbocycles. The molecule has 0 unspecified atom stereocenters. The molecular weight excluding hydrogens is 430 g/mol. The van der Waals surface area contributed by atoms with Crippen LogP contribution in [0.2, 0.25) is 0 Å². The van der Waals surface area contributed by atoms with Crippen molar-refractivity contribution in [2.75, 3.05) is 31.6 Å². The monoisotopic (exact) mass is 463 g/mol. The van der Waals surface area contributed by atoms with E-state index < -0.39 is 0 Å². The van der Waals surface area contributed by atoms with Crippen molar-refractivity contribution in [3.8, 4) is 11.5 Å². The summed E-state index contributed by atoms with van der Waals surface area (Å²) in [7, 11) is 0. The molecular formula is C27H33N3O4. The normalized spacial score (nSPS) is 20.6. The van der Waals surface area contributed by atoms with Crippen molar-refractivity contribution < 1.29 is 19.1 Å². The number of hydrogen-bond donors (Lipinski definition) is 2. The summed E-state index contributed by atoms with van der Waals surface area (Å²) in [6, 6.07) is 13.8. The second-order valence-electron chi connectivity index (χ2n) is 9.43. The van der Waals surface area contributed by atoms with E-state index in [0.29, 0.717) is 24.5 Å². The largest absolute Gasteiger partial charge is 0.490 e. The smallest absolute Gasteiger partial charge is 0.253 e. The number of anilines is 1. The third-order valence-corrected chi connectivity index (χ3v) is 7.00. The first-order valence-corrected chi connectivity index (χ1v) is 12.5. The van der Waals surface area contributed by atoms with Crippen molar-refractivity contribution in [2.24, 2.45) is 0 Å². The second kappa shape index (κ2) is 10.5. The number of amides is 2. The first kappa shape index (κ1) is 22.7. The van der Waals surface area contributed by atoms with E-state index in [2.05, 4.69) is 27.7 Å². The molecule has 0 radical (unpaired) electrons. The number of carbonyl (C=O) groups excluding carboxylic acids is 2. The van der Waals surface area contributed by atoms with Crippen molar-refractivity contribution in [3.63, 3.8) is 0 Å². The number of ether oxygens (including phenoxy) is 2. The fraction of sp³-hybridized carbons (Fsp3) is 0.481. The van der Waals surface area contributed by atoms with Gasteiger partial charge in [-0.15, -0.1) is 0 Å². The van der Waals surface area contributed by atoms with Gasteiger partial charge in [-0.05, 0) is 62.1 Å². The summed E-state index contributed by atoms with van der Waals surface area (Å²) in [6.07, 6.45) is 7.26. The van der Waals surface area contributed by atoms with E-state index in [-0.39, 0.29) is 30.4 Å². The molecule has 2 fully saturated rings. The third-order valence-electron chi connectivity index (χ3n) is 7.00. The van der Waals surface area contributed by atoms with Gasteiger partial charge in [-0.25, -0.2) is 0 Å². The number of likely N-dealkylation sites (tertiary alicyclic amines) is 1. The Morgan fingerprint density at radius 2 is 1.71 bits per heavy atom. The highest BCUT2D eigenvalue weighted by atomic mass is 16.5. The van der Waals surface area contributed by atoms with Gasteiger partial charge in [-0.1, -0.05) is 31.0 Å². The minimum absolute atomic E-state index is 0.109. The Morgan fingerprint density at radius 3 is 2.56 bits per heavy atom. The Bertz CT molecular complexity index is 1030. The van der Waals surface area contributed by atoms with E-state index in [1.54, 1.807) is 12.1 Å². The molecule has 2 heterocycles. The minimum atomic E-state index is -0.117. The van der Waals surface area contributed by atoms with Crippen LogP contribution in [0.1, 0.15) is 66.9 Å². The Labute approximate surface area is 200 Å². The Kier molecular flexibility index (Phi) is 7.00. The van der Waals surface area contributed by atoms with Gasteiger partial charge >= 0.3 is 0 Å². The molecule has 1 aliphatic carbocycles. The lowest BCUT2D eigenvalue weighted by Gasteiger charge is -2.25. The molecule has 0 spiro atoms. The summed E-state index contributed by atoms with van der Waals surface area (Å²) in [5.74, 6) is 1.35. The van der Waals surface area contributed by atoms with Crippen molar-refractivity contribution >= 4 is 17.5 Å². The Morgan fingerprint density at radius 1 is 0.912 bits per heavy atom. The van der Waals surface area contributed by atoms with Gasteiger partial charge in [0.2, 0.25) is 5.91 Å². The topological polar surface area (TPSA) is 79.9 Å². The molecule has 2 aromatic carbocycles. The van der Waals surface area contributed by atoms with Crippen LogP contribution in [0.15, 0.2) is 42.5 Å². The number of fused-ring (bicyclic) bond motifs is 1. The third kappa shape index (κ3) is 5.20. The van der Waals surface area contributed by atoms with Crippen molar-refractivity contribution in [1.29, 1.82) is 0 Å². The number of hydrogen-bond acceptors (Lipinski definition) is 5. The fourth-order valence-electron chi connectivity index (χ4n) is 5.28. The number of nitrogens with zero attached hydrogens (tertiary/aromatic N) is 1. The average molecular weight is 464 g/mol. The zero-order valence-corrected chi connectivity index (χ0v) is 19.6. The van der Waals surface area contributed by atoms with Crippen LogP contribution in [0.5, 0.6) is 11.5 Å². The molecule has 0 aromatic heterocycles. The van der Waals surface area contributed by atoms with Gasteiger partial charge in [-0.2, -0.15) is 0 Å². The summed E-state index contributed by atoms with van der Waals surface area (Å²) in [6.45, 7) is 2.46. The van der Waals surface area contributed by atoms with Gasteiger partial charge < -0.3 is 20.1 Å². The van der Waals surface area contributed by atoms with Crippen molar-refractivity contribution in [2.45, 2.75) is 57.0 Å². The standard InChI is InChI=1S/C27H33N3O4/c31-26(29-22-10-4-3-9-21(22)27(32)28-20-7-1-2-8-20)18-30-14-5-11-23(30)19-12-13-24-25(17-19)34-16-6-15-33-24/h3-4,9-10,12-13,17,20,23H,1-2,5-8,11,14-16,18H2,(H,28,32)(H,29,31)/t23-/m1/s1. The summed E-state index contributed by atoms with van der Waals surface area (Å²) < 4.78 is 11.6. The van der Waals surface area contributed by atoms with Crippen LogP contribution in [0.4, 0.5) is 5.69 Å². The molecule has 3 aliphatic rings. The molecule has 5 rings (SSSR count). The van der Waals surface area contributed by atoms with Gasteiger partial charge in [0.1, 0.15) is 0 Å². The summed E-state index contributed by atoms with van der Waals surface area (Å²) in [4.78, 5) is 28.0. The minimum Gasteiger partial charge on any atom is -0.490 e. The number of nitrogens with one attached hydrogen (secondary N) is 2. The van der Waals surface area contributed by atoms with Crippen LogP contribution in [0, 0.1) is 0 Å². The Balaban J connectivity index is 1.24. The predicted molar refractivity (Wildman–Crippen MR) is 130 cm³/mol. The molecule has 2 aliphatic heterocycles. The van der Waals surface area contributed by atoms with E-state index in [1.165, 1.54) is 0 Å². The average Bonchev–Trinajstić information content (AvgIpc) is 3.46. The molecule has 0 bridgehead atoms. The number of rotatable bonds is 6. The van der Waals surface area contributed by atoms with Crippen LogP contribution >= 0.6 is 0 Å². The molecule has 2 N–H and O–H groups in total. The molecule has 7 heteroatoms. The zero-order valence-electron chi connectivity index (χ0n) is 19.6. The van der Waals surface area contributed by atoms with Gasteiger partial charge in [-0.3, -0.25) is 14.5 Å². The summed E-state index contributed by atoms with van der Waals surface area (Å²) >= 11 is 0. The highest BCUT2D eigenvalue weighted by molar-refractivity contribution is 6.04. The molecule has 2 aromatic rings. The maximum atomic E-state index is 13.0. The van der Waals surface area contributed by atoms with Gasteiger partial charge in [0.25, 0.3) is 5.91 Å². The zero-order chi connectivity index (χ0) is 23.3. The number of para-hydroxylation sites is 1. The first-order valence-electron chi connectivity index (χ1n) is 12.5. The fourth-order valence-corrected chi connectivity index (χ4v) is 5.28. The van der Waals surface area contributed by atoms with Crippen LogP contribution in [-0.4, -0.2) is 49.1 Å². The van der Waals surface area contributed by atoms with E-state index in [0.717, 1.165) is 68.6 Å². The van der Waals surface area contributed by atoms with Crippen LogP contribution in [0.25, 0.3) is 0 Å². The SMILES string of the molecule is O=C(CN1CCC[C@@H]1c1ccc2c(c1)OCCCO2)Nc1ccccc1C(=O)NC1CCCC1. The lowest BCUT2D eigenvalue weighted by Crippen LogP contribution is -2.35. The van der Waals surface area contributed by atoms with Crippen LogP contribution in [-0.2, 0) is 4.79 Å². The molecule has 34 heavy (non-hydrogen) atoms. The molecule has 1 saturated heterocycles.